The quantitative estimate of drug-likeness (QED) is 0.753. The molecule has 2 aromatic rings. The van der Waals surface area contributed by atoms with Gasteiger partial charge in [0, 0.05) is 13.2 Å². The summed E-state index contributed by atoms with van der Waals surface area (Å²) < 4.78 is 6.75. The molecule has 2 aromatic heterocycles. The van der Waals surface area contributed by atoms with Crippen molar-refractivity contribution in [2.45, 2.75) is 6.54 Å². The fraction of sp³-hybridized carbons (Fsp3) is 0.375. The first kappa shape index (κ1) is 8.89. The Labute approximate surface area is 80.9 Å². The van der Waals surface area contributed by atoms with Crippen molar-refractivity contribution in [1.29, 1.82) is 0 Å². The third-order valence-corrected chi connectivity index (χ3v) is 1.75. The molecule has 6 nitrogen and oxygen atoms in total. The second kappa shape index (κ2) is 3.59. The van der Waals surface area contributed by atoms with E-state index in [1.54, 1.807) is 10.9 Å². The Morgan fingerprint density at radius 2 is 2.43 bits per heavy atom. The molecule has 0 bridgehead atoms. The van der Waals surface area contributed by atoms with Crippen molar-refractivity contribution in [2.24, 2.45) is 7.05 Å². The van der Waals surface area contributed by atoms with E-state index < -0.39 is 0 Å². The third-order valence-electron chi connectivity index (χ3n) is 1.75. The standard InChI is InChI=1S/C8H11N5O/c1-9-4-7-11-8(14-12-7)6-3-10-13(2)5-6/h3,5,9H,4H2,1-2H3. The largest absolute Gasteiger partial charge is 0.334 e. The van der Waals surface area contributed by atoms with Gasteiger partial charge in [0.1, 0.15) is 0 Å². The average molecular weight is 193 g/mol. The molecule has 6 heteroatoms. The van der Waals surface area contributed by atoms with Gasteiger partial charge in [-0.25, -0.2) is 0 Å². The summed E-state index contributed by atoms with van der Waals surface area (Å²) in [5, 5.41) is 10.8. The van der Waals surface area contributed by atoms with E-state index in [-0.39, 0.29) is 0 Å². The van der Waals surface area contributed by atoms with Crippen LogP contribution in [0.3, 0.4) is 0 Å². The van der Waals surface area contributed by atoms with Gasteiger partial charge in [-0.3, -0.25) is 4.68 Å². The van der Waals surface area contributed by atoms with Crippen LogP contribution in [0.1, 0.15) is 5.82 Å². The van der Waals surface area contributed by atoms with Gasteiger partial charge in [-0.1, -0.05) is 5.16 Å². The summed E-state index contributed by atoms with van der Waals surface area (Å²) >= 11 is 0. The Hall–Kier alpha value is -1.69. The molecule has 0 radical (unpaired) electrons. The number of rotatable bonds is 3. The van der Waals surface area contributed by atoms with Crippen molar-refractivity contribution in [2.75, 3.05) is 7.05 Å². The summed E-state index contributed by atoms with van der Waals surface area (Å²) in [5.41, 5.74) is 0.836. The molecule has 0 saturated carbocycles. The van der Waals surface area contributed by atoms with Gasteiger partial charge >= 0.3 is 0 Å². The minimum Gasteiger partial charge on any atom is -0.334 e. The van der Waals surface area contributed by atoms with Gasteiger partial charge in [0.25, 0.3) is 5.89 Å². The van der Waals surface area contributed by atoms with Crippen LogP contribution in [0.15, 0.2) is 16.9 Å². The molecule has 0 aliphatic rings. The number of hydrogen-bond acceptors (Lipinski definition) is 5. The Morgan fingerprint density at radius 1 is 1.57 bits per heavy atom. The van der Waals surface area contributed by atoms with Crippen LogP contribution in [-0.2, 0) is 13.6 Å². The van der Waals surface area contributed by atoms with Crippen LogP contribution in [0.2, 0.25) is 0 Å². The molecule has 74 valence electrons. The Kier molecular flexibility index (Phi) is 2.28. The average Bonchev–Trinajstić information content (AvgIpc) is 2.74. The van der Waals surface area contributed by atoms with Crippen molar-refractivity contribution in [3.8, 4) is 11.5 Å². The first-order valence-corrected chi connectivity index (χ1v) is 4.26. The molecule has 0 atom stereocenters. The predicted octanol–water partition coefficient (Wildman–Crippen LogP) is 0.189. The maximum absolute atomic E-state index is 5.06. The number of aromatic nitrogens is 4. The van der Waals surface area contributed by atoms with Gasteiger partial charge in [0.2, 0.25) is 0 Å². The van der Waals surface area contributed by atoms with Crippen molar-refractivity contribution in [1.82, 2.24) is 25.2 Å². The molecule has 0 aliphatic heterocycles. The molecule has 0 aliphatic carbocycles. The van der Waals surface area contributed by atoms with Gasteiger partial charge in [0.15, 0.2) is 5.82 Å². The van der Waals surface area contributed by atoms with Gasteiger partial charge in [-0.15, -0.1) is 0 Å². The third kappa shape index (κ3) is 1.64. The highest BCUT2D eigenvalue weighted by Crippen LogP contribution is 2.14. The summed E-state index contributed by atoms with van der Waals surface area (Å²) in [6, 6.07) is 0. The Bertz CT molecular complexity index is 419. The fourth-order valence-corrected chi connectivity index (χ4v) is 1.13. The zero-order valence-electron chi connectivity index (χ0n) is 8.06. The summed E-state index contributed by atoms with van der Waals surface area (Å²) in [4.78, 5) is 4.19. The highest BCUT2D eigenvalue weighted by Gasteiger charge is 2.09. The van der Waals surface area contributed by atoms with Gasteiger partial charge in [-0.2, -0.15) is 10.1 Å². The van der Waals surface area contributed by atoms with Crippen LogP contribution >= 0.6 is 0 Å². The van der Waals surface area contributed by atoms with Crippen LogP contribution < -0.4 is 5.32 Å². The van der Waals surface area contributed by atoms with E-state index in [9.17, 15) is 0 Å². The summed E-state index contributed by atoms with van der Waals surface area (Å²) in [6.07, 6.45) is 3.52. The second-order valence-electron chi connectivity index (χ2n) is 2.95. The minimum absolute atomic E-state index is 0.503. The number of nitrogens with zero attached hydrogens (tertiary/aromatic N) is 4. The molecule has 14 heavy (non-hydrogen) atoms. The van der Waals surface area contributed by atoms with Crippen LogP contribution in [0.25, 0.3) is 11.5 Å². The minimum atomic E-state index is 0.503. The van der Waals surface area contributed by atoms with Crippen LogP contribution in [0, 0.1) is 0 Å². The molecule has 0 amide bonds. The lowest BCUT2D eigenvalue weighted by Gasteiger charge is -1.86. The number of aryl methyl sites for hydroxylation is 1. The zero-order valence-corrected chi connectivity index (χ0v) is 8.06. The number of nitrogens with one attached hydrogen (secondary N) is 1. The van der Waals surface area contributed by atoms with E-state index in [0.717, 1.165) is 5.56 Å². The molecule has 2 heterocycles. The van der Waals surface area contributed by atoms with Crippen molar-refractivity contribution >= 4 is 0 Å². The lowest BCUT2D eigenvalue weighted by molar-refractivity contribution is 0.420. The number of hydrogen-bond donors (Lipinski definition) is 1. The topological polar surface area (TPSA) is 68.8 Å². The summed E-state index contributed by atoms with van der Waals surface area (Å²) in [6.45, 7) is 0.601. The van der Waals surface area contributed by atoms with Gasteiger partial charge in [-0.05, 0) is 7.05 Å². The molecule has 0 unspecified atom stereocenters. The van der Waals surface area contributed by atoms with E-state index in [2.05, 4.69) is 20.6 Å². The summed E-state index contributed by atoms with van der Waals surface area (Å²) in [7, 11) is 3.68. The van der Waals surface area contributed by atoms with Crippen LogP contribution in [-0.4, -0.2) is 27.0 Å². The predicted molar refractivity (Wildman–Crippen MR) is 49.3 cm³/mol. The lowest BCUT2D eigenvalue weighted by Crippen LogP contribution is -2.06. The maximum atomic E-state index is 5.06. The first-order valence-electron chi connectivity index (χ1n) is 4.26. The van der Waals surface area contributed by atoms with Crippen molar-refractivity contribution < 1.29 is 4.52 Å². The lowest BCUT2D eigenvalue weighted by atomic mass is 10.4. The van der Waals surface area contributed by atoms with E-state index in [1.807, 2.05) is 20.3 Å². The smallest absolute Gasteiger partial charge is 0.261 e. The van der Waals surface area contributed by atoms with Crippen molar-refractivity contribution in [3.05, 3.63) is 18.2 Å². The van der Waals surface area contributed by atoms with E-state index in [4.69, 9.17) is 4.52 Å². The maximum Gasteiger partial charge on any atom is 0.261 e. The molecular formula is C8H11N5O. The molecule has 0 aromatic carbocycles. The van der Waals surface area contributed by atoms with Gasteiger partial charge in [0.05, 0.1) is 18.3 Å². The normalized spacial score (nSPS) is 10.7. The van der Waals surface area contributed by atoms with Crippen LogP contribution in [0.5, 0.6) is 0 Å². The molecular weight excluding hydrogens is 182 g/mol. The first-order chi connectivity index (χ1) is 6.79. The molecule has 0 fully saturated rings. The van der Waals surface area contributed by atoms with Crippen LogP contribution in [0.4, 0.5) is 0 Å². The van der Waals surface area contributed by atoms with E-state index in [0.29, 0.717) is 18.3 Å². The molecule has 2 rings (SSSR count). The molecule has 0 saturated heterocycles. The molecule has 0 spiro atoms. The fourth-order valence-electron chi connectivity index (χ4n) is 1.13. The van der Waals surface area contributed by atoms with Gasteiger partial charge < -0.3 is 9.84 Å². The summed E-state index contributed by atoms with van der Waals surface area (Å²) in [5.74, 6) is 1.15. The second-order valence-corrected chi connectivity index (χ2v) is 2.95. The van der Waals surface area contributed by atoms with E-state index >= 15 is 0 Å². The zero-order chi connectivity index (χ0) is 9.97. The highest BCUT2D eigenvalue weighted by atomic mass is 16.5. The SMILES string of the molecule is CNCc1noc(-c2cnn(C)c2)n1. The highest BCUT2D eigenvalue weighted by molar-refractivity contribution is 5.49. The van der Waals surface area contributed by atoms with Crippen molar-refractivity contribution in [3.63, 3.8) is 0 Å². The van der Waals surface area contributed by atoms with E-state index in [1.165, 1.54) is 0 Å². The Balaban J connectivity index is 2.24. The Morgan fingerprint density at radius 3 is 3.07 bits per heavy atom. The molecule has 1 N–H and O–H groups in total. The monoisotopic (exact) mass is 193 g/mol.